The number of rotatable bonds is 1. The van der Waals surface area contributed by atoms with E-state index in [0.717, 1.165) is 5.92 Å². The Balaban J connectivity index is 2.19. The van der Waals surface area contributed by atoms with Crippen molar-refractivity contribution in [3.05, 3.63) is 21.9 Å². The van der Waals surface area contributed by atoms with Crippen LogP contribution in [0.5, 0.6) is 0 Å². The van der Waals surface area contributed by atoms with Gasteiger partial charge >= 0.3 is 0 Å². The zero-order valence-electron chi connectivity index (χ0n) is 8.63. The Morgan fingerprint density at radius 1 is 1.29 bits per heavy atom. The monoisotopic (exact) mass is 272 g/mol. The normalized spacial score (nSPS) is 28.7. The zero-order valence-corrected chi connectivity index (χ0v) is 11.0. The van der Waals surface area contributed by atoms with Crippen LogP contribution < -0.4 is 0 Å². The van der Waals surface area contributed by atoms with Crippen LogP contribution >= 0.6 is 27.3 Å². The van der Waals surface area contributed by atoms with Crippen LogP contribution in [0.1, 0.15) is 48.5 Å². The molecule has 1 heterocycles. The van der Waals surface area contributed by atoms with Gasteiger partial charge in [-0.25, -0.2) is 0 Å². The Kier molecular flexibility index (Phi) is 3.67. The number of aryl methyl sites for hydroxylation is 1. The lowest BCUT2D eigenvalue weighted by molar-refractivity contribution is 0.619. The summed E-state index contributed by atoms with van der Waals surface area (Å²) in [5, 5.41) is 2.23. The van der Waals surface area contributed by atoms with Crippen LogP contribution in [-0.4, -0.2) is 4.83 Å². The second-order valence-electron chi connectivity index (χ2n) is 4.23. The molecule has 1 saturated carbocycles. The predicted octanol–water partition coefficient (Wildman–Crippen LogP) is 4.87. The standard InChI is InChI=1S/C12H17BrS/c1-9-7-8-14-12(9)10-5-3-2-4-6-11(10)13/h7-8,10-11H,2-6H2,1H3. The average molecular weight is 273 g/mol. The van der Waals surface area contributed by atoms with Gasteiger partial charge in [0, 0.05) is 15.6 Å². The van der Waals surface area contributed by atoms with Gasteiger partial charge in [-0.1, -0.05) is 35.2 Å². The van der Waals surface area contributed by atoms with Crippen LogP contribution in [0.3, 0.4) is 0 Å². The molecule has 0 amide bonds. The Labute approximate surface area is 98.9 Å². The first kappa shape index (κ1) is 10.7. The van der Waals surface area contributed by atoms with E-state index in [4.69, 9.17) is 0 Å². The molecule has 2 rings (SSSR count). The maximum Gasteiger partial charge on any atom is 0.0222 e. The van der Waals surface area contributed by atoms with Crippen LogP contribution in [0.15, 0.2) is 11.4 Å². The molecule has 0 radical (unpaired) electrons. The van der Waals surface area contributed by atoms with Crippen LogP contribution in [0.2, 0.25) is 0 Å². The maximum absolute atomic E-state index is 3.87. The van der Waals surface area contributed by atoms with Gasteiger partial charge in [0.05, 0.1) is 0 Å². The molecule has 1 aromatic heterocycles. The first-order valence-electron chi connectivity index (χ1n) is 5.47. The highest BCUT2D eigenvalue weighted by molar-refractivity contribution is 9.09. The molecule has 0 aromatic carbocycles. The Bertz CT molecular complexity index is 292. The summed E-state index contributed by atoms with van der Waals surface area (Å²) in [6, 6.07) is 2.25. The van der Waals surface area contributed by atoms with E-state index in [-0.39, 0.29) is 0 Å². The van der Waals surface area contributed by atoms with Gasteiger partial charge in [-0.3, -0.25) is 0 Å². The molecule has 0 nitrogen and oxygen atoms in total. The molecule has 2 unspecified atom stereocenters. The molecule has 2 atom stereocenters. The second kappa shape index (κ2) is 4.80. The SMILES string of the molecule is Cc1ccsc1C1CCCCCC1Br. The average Bonchev–Trinajstić information content (AvgIpc) is 2.46. The first-order chi connectivity index (χ1) is 6.79. The number of thiophene rings is 1. The minimum atomic E-state index is 0.711. The lowest BCUT2D eigenvalue weighted by Crippen LogP contribution is -2.10. The van der Waals surface area contributed by atoms with E-state index >= 15 is 0 Å². The molecule has 0 spiro atoms. The summed E-state index contributed by atoms with van der Waals surface area (Å²) in [5.41, 5.74) is 1.49. The van der Waals surface area contributed by atoms with Crippen molar-refractivity contribution in [1.82, 2.24) is 0 Å². The number of hydrogen-bond donors (Lipinski definition) is 0. The van der Waals surface area contributed by atoms with Crippen molar-refractivity contribution in [1.29, 1.82) is 0 Å². The Morgan fingerprint density at radius 3 is 2.79 bits per heavy atom. The summed E-state index contributed by atoms with van der Waals surface area (Å²) in [6.45, 7) is 2.25. The van der Waals surface area contributed by atoms with Crippen molar-refractivity contribution in [2.75, 3.05) is 0 Å². The lowest BCUT2D eigenvalue weighted by Gasteiger charge is -2.19. The molecule has 1 aromatic rings. The maximum atomic E-state index is 3.87. The number of halogens is 1. The van der Waals surface area contributed by atoms with E-state index in [2.05, 4.69) is 34.3 Å². The molecule has 1 aliphatic rings. The van der Waals surface area contributed by atoms with Crippen LogP contribution in [-0.2, 0) is 0 Å². The summed E-state index contributed by atoms with van der Waals surface area (Å²) in [7, 11) is 0. The van der Waals surface area contributed by atoms with Gasteiger partial charge < -0.3 is 0 Å². The third-order valence-electron chi connectivity index (χ3n) is 3.17. The minimum Gasteiger partial charge on any atom is -0.148 e. The van der Waals surface area contributed by atoms with Crippen molar-refractivity contribution in [3.63, 3.8) is 0 Å². The largest absolute Gasteiger partial charge is 0.148 e. The van der Waals surface area contributed by atoms with Crippen molar-refractivity contribution in [2.45, 2.75) is 49.8 Å². The summed E-state index contributed by atoms with van der Waals surface area (Å²) in [4.78, 5) is 2.33. The summed E-state index contributed by atoms with van der Waals surface area (Å²) in [6.07, 6.45) is 6.95. The van der Waals surface area contributed by atoms with E-state index in [0.29, 0.717) is 4.83 Å². The van der Waals surface area contributed by atoms with Gasteiger partial charge in [0.2, 0.25) is 0 Å². The van der Waals surface area contributed by atoms with Crippen LogP contribution in [0.4, 0.5) is 0 Å². The van der Waals surface area contributed by atoms with E-state index in [1.807, 2.05) is 11.3 Å². The summed E-state index contributed by atoms with van der Waals surface area (Å²) in [5.74, 6) is 0.775. The summed E-state index contributed by atoms with van der Waals surface area (Å²) < 4.78 is 0. The fourth-order valence-corrected chi connectivity index (χ4v) is 4.48. The van der Waals surface area contributed by atoms with Gasteiger partial charge in [0.25, 0.3) is 0 Å². The zero-order chi connectivity index (χ0) is 9.97. The quantitative estimate of drug-likeness (QED) is 0.506. The summed E-state index contributed by atoms with van der Waals surface area (Å²) >= 11 is 5.81. The van der Waals surface area contributed by atoms with Crippen molar-refractivity contribution < 1.29 is 0 Å². The highest BCUT2D eigenvalue weighted by Gasteiger charge is 2.24. The van der Waals surface area contributed by atoms with Gasteiger partial charge in [0.1, 0.15) is 0 Å². The molecule has 0 saturated heterocycles. The molecule has 1 aliphatic carbocycles. The van der Waals surface area contributed by atoms with E-state index < -0.39 is 0 Å². The van der Waals surface area contributed by atoms with Crippen LogP contribution in [0.25, 0.3) is 0 Å². The van der Waals surface area contributed by atoms with Gasteiger partial charge in [-0.2, -0.15) is 0 Å². The minimum absolute atomic E-state index is 0.711. The van der Waals surface area contributed by atoms with Crippen molar-refractivity contribution in [2.24, 2.45) is 0 Å². The molecular weight excluding hydrogens is 256 g/mol. The van der Waals surface area contributed by atoms with Gasteiger partial charge in [0.15, 0.2) is 0 Å². The molecule has 0 N–H and O–H groups in total. The van der Waals surface area contributed by atoms with Crippen LogP contribution in [0, 0.1) is 6.92 Å². The lowest BCUT2D eigenvalue weighted by atomic mass is 9.96. The van der Waals surface area contributed by atoms with Crippen molar-refractivity contribution >= 4 is 27.3 Å². The third kappa shape index (κ3) is 2.22. The number of alkyl halides is 1. The second-order valence-corrected chi connectivity index (χ2v) is 6.35. The fraction of sp³-hybridized carbons (Fsp3) is 0.667. The fourth-order valence-electron chi connectivity index (χ4n) is 2.32. The molecule has 78 valence electrons. The number of hydrogen-bond acceptors (Lipinski definition) is 1. The van der Waals surface area contributed by atoms with E-state index in [9.17, 15) is 0 Å². The molecule has 1 fully saturated rings. The third-order valence-corrected chi connectivity index (χ3v) is 5.42. The predicted molar refractivity (Wildman–Crippen MR) is 67.6 cm³/mol. The molecule has 14 heavy (non-hydrogen) atoms. The molecule has 0 aliphatic heterocycles. The van der Waals surface area contributed by atoms with Gasteiger partial charge in [-0.15, -0.1) is 11.3 Å². The van der Waals surface area contributed by atoms with E-state index in [1.165, 1.54) is 37.7 Å². The smallest absolute Gasteiger partial charge is 0.0222 e. The Morgan fingerprint density at radius 2 is 2.07 bits per heavy atom. The first-order valence-corrected chi connectivity index (χ1v) is 7.26. The highest BCUT2D eigenvalue weighted by Crippen LogP contribution is 2.39. The Hall–Kier alpha value is 0.180. The topological polar surface area (TPSA) is 0 Å². The van der Waals surface area contributed by atoms with Crippen molar-refractivity contribution in [3.8, 4) is 0 Å². The highest BCUT2D eigenvalue weighted by atomic mass is 79.9. The molecular formula is C12H17BrS. The molecule has 2 heteroatoms. The van der Waals surface area contributed by atoms with Gasteiger partial charge in [-0.05, 0) is 36.8 Å². The molecule has 0 bridgehead atoms. The van der Waals surface area contributed by atoms with E-state index in [1.54, 1.807) is 4.88 Å².